The average molecular weight is 584 g/mol. The Balaban J connectivity index is 1.41. The number of hydrogen-bond donors (Lipinski definition) is 0. The number of hydrogen-bond acceptors (Lipinski definition) is 7. The summed E-state index contributed by atoms with van der Waals surface area (Å²) in [4.78, 5) is 32.1. The van der Waals surface area contributed by atoms with Crippen molar-refractivity contribution in [2.24, 2.45) is 0 Å². The van der Waals surface area contributed by atoms with Crippen LogP contribution in [0, 0.1) is 0 Å². The molecule has 0 saturated carbocycles. The monoisotopic (exact) mass is 583 g/mol. The van der Waals surface area contributed by atoms with Crippen molar-refractivity contribution < 1.29 is 33.3 Å². The fraction of sp³-hybridized carbons (Fsp3) is 0.562. The van der Waals surface area contributed by atoms with Gasteiger partial charge in [0.15, 0.2) is 11.5 Å². The molecule has 2 aromatic rings. The first-order chi connectivity index (χ1) is 20.5. The highest BCUT2D eigenvalue weighted by atomic mass is 16.5. The van der Waals surface area contributed by atoms with Crippen LogP contribution in [0.5, 0.6) is 17.2 Å². The molecule has 3 amide bonds. The van der Waals surface area contributed by atoms with E-state index in [0.717, 1.165) is 42.5 Å². The van der Waals surface area contributed by atoms with Crippen molar-refractivity contribution in [2.45, 2.75) is 51.7 Å². The van der Waals surface area contributed by atoms with Crippen LogP contribution in [0.3, 0.4) is 0 Å². The Morgan fingerprint density at radius 2 is 1.81 bits per heavy atom. The molecule has 4 rings (SSSR count). The lowest BCUT2D eigenvalue weighted by atomic mass is 10.1. The van der Waals surface area contributed by atoms with Crippen molar-refractivity contribution in [1.29, 1.82) is 0 Å². The number of benzene rings is 2. The molecule has 230 valence electrons. The van der Waals surface area contributed by atoms with Crippen molar-refractivity contribution in [2.75, 3.05) is 72.2 Å². The number of nitrogens with zero attached hydrogens (tertiary/aromatic N) is 3. The van der Waals surface area contributed by atoms with Crippen LogP contribution in [-0.4, -0.2) is 95.2 Å². The number of morpholine rings is 1. The lowest BCUT2D eigenvalue weighted by Gasteiger charge is -2.36. The Morgan fingerprint density at radius 1 is 0.976 bits per heavy atom. The molecule has 2 fully saturated rings. The van der Waals surface area contributed by atoms with Crippen LogP contribution >= 0.6 is 0 Å². The highest BCUT2D eigenvalue weighted by Crippen LogP contribution is 2.34. The molecule has 0 aromatic heterocycles. The molecule has 0 N–H and O–H groups in total. The van der Waals surface area contributed by atoms with Gasteiger partial charge in [-0.2, -0.15) is 0 Å². The van der Waals surface area contributed by atoms with E-state index in [1.54, 1.807) is 26.2 Å². The number of unbranched alkanes of at least 4 members (excludes halogenated alkanes) is 2. The number of ether oxygens (including phenoxy) is 5. The zero-order chi connectivity index (χ0) is 29.9. The van der Waals surface area contributed by atoms with E-state index in [1.807, 2.05) is 46.2 Å². The second-order valence-electron chi connectivity index (χ2n) is 10.7. The number of methoxy groups -OCH3 is 3. The van der Waals surface area contributed by atoms with Crippen molar-refractivity contribution in [3.63, 3.8) is 0 Å². The molecule has 2 saturated heterocycles. The molecule has 2 heterocycles. The molecule has 0 bridgehead atoms. The molecule has 2 aliphatic rings. The molecule has 1 unspecified atom stereocenters. The van der Waals surface area contributed by atoms with Crippen molar-refractivity contribution in [3.8, 4) is 17.2 Å². The second kappa shape index (κ2) is 15.7. The van der Waals surface area contributed by atoms with Crippen LogP contribution < -0.4 is 19.1 Å². The SMILES string of the molecule is CCCCCOc1cc(N2CCCN(Cc3ccc(CC(=O)N4CCOC(COC)C4)cc3OC)C2=O)ccc1OC. The fourth-order valence-corrected chi connectivity index (χ4v) is 5.40. The standard InChI is InChI=1S/C32H45N3O7/c1-5-6-7-16-42-30-20-26(11-12-28(30)39-3)35-14-8-13-34(32(35)37)21-25-10-9-24(18-29(25)40-4)19-31(36)33-15-17-41-27(22-33)23-38-2/h9-12,18,20,27H,5-8,13-17,19,21-23H2,1-4H3. The van der Waals surface area contributed by atoms with Gasteiger partial charge in [-0.05, 0) is 36.6 Å². The summed E-state index contributed by atoms with van der Waals surface area (Å²) in [6, 6.07) is 11.4. The minimum Gasteiger partial charge on any atom is -0.496 e. The molecule has 0 aliphatic carbocycles. The fourth-order valence-electron chi connectivity index (χ4n) is 5.40. The molecule has 2 aromatic carbocycles. The second-order valence-corrected chi connectivity index (χ2v) is 10.7. The van der Waals surface area contributed by atoms with E-state index in [2.05, 4.69) is 6.92 Å². The van der Waals surface area contributed by atoms with Crippen molar-refractivity contribution in [1.82, 2.24) is 9.80 Å². The summed E-state index contributed by atoms with van der Waals surface area (Å²) in [7, 11) is 4.87. The number of carbonyl (C=O) groups is 2. The van der Waals surface area contributed by atoms with Crippen molar-refractivity contribution >= 4 is 17.6 Å². The van der Waals surface area contributed by atoms with E-state index in [0.29, 0.717) is 69.8 Å². The average Bonchev–Trinajstić information content (AvgIpc) is 3.01. The Morgan fingerprint density at radius 3 is 2.57 bits per heavy atom. The summed E-state index contributed by atoms with van der Waals surface area (Å²) >= 11 is 0. The minimum absolute atomic E-state index is 0.0456. The molecule has 0 radical (unpaired) electrons. The predicted octanol–water partition coefficient (Wildman–Crippen LogP) is 4.52. The van der Waals surface area contributed by atoms with Crippen LogP contribution in [0.1, 0.15) is 43.7 Å². The maximum Gasteiger partial charge on any atom is 0.324 e. The van der Waals surface area contributed by atoms with E-state index >= 15 is 0 Å². The molecule has 2 aliphatic heterocycles. The highest BCUT2D eigenvalue weighted by molar-refractivity contribution is 5.93. The molecule has 0 spiro atoms. The summed E-state index contributed by atoms with van der Waals surface area (Å²) in [6.45, 7) is 6.51. The first-order valence-electron chi connectivity index (χ1n) is 14.9. The van der Waals surface area contributed by atoms with Crippen LogP contribution in [0.4, 0.5) is 10.5 Å². The minimum atomic E-state index is -0.103. The summed E-state index contributed by atoms with van der Waals surface area (Å²) in [5.74, 6) is 2.01. The quantitative estimate of drug-likeness (QED) is 0.302. The normalized spacial score (nSPS) is 17.4. The van der Waals surface area contributed by atoms with Gasteiger partial charge in [-0.3, -0.25) is 9.69 Å². The number of rotatable bonds is 14. The third-order valence-electron chi connectivity index (χ3n) is 7.69. The predicted molar refractivity (Wildman–Crippen MR) is 161 cm³/mol. The third kappa shape index (κ3) is 8.07. The van der Waals surface area contributed by atoms with E-state index in [4.69, 9.17) is 23.7 Å². The zero-order valence-electron chi connectivity index (χ0n) is 25.4. The van der Waals surface area contributed by atoms with E-state index in [-0.39, 0.29) is 24.5 Å². The third-order valence-corrected chi connectivity index (χ3v) is 7.69. The molecule has 1 atom stereocenters. The zero-order valence-corrected chi connectivity index (χ0v) is 25.4. The number of anilines is 1. The smallest absolute Gasteiger partial charge is 0.324 e. The number of carbonyl (C=O) groups excluding carboxylic acids is 2. The van der Waals surface area contributed by atoms with Crippen LogP contribution in [0.2, 0.25) is 0 Å². The highest BCUT2D eigenvalue weighted by Gasteiger charge is 2.29. The molecular weight excluding hydrogens is 538 g/mol. The first kappa shape index (κ1) is 31.4. The van der Waals surface area contributed by atoms with Crippen molar-refractivity contribution in [3.05, 3.63) is 47.5 Å². The van der Waals surface area contributed by atoms with Gasteiger partial charge in [-0.15, -0.1) is 0 Å². The maximum atomic E-state index is 13.6. The number of urea groups is 1. The summed E-state index contributed by atoms with van der Waals surface area (Å²) in [6.07, 6.45) is 4.20. The summed E-state index contributed by atoms with van der Waals surface area (Å²) < 4.78 is 28.1. The Bertz CT molecular complexity index is 1190. The van der Waals surface area contributed by atoms with Crippen LogP contribution in [0.25, 0.3) is 0 Å². The van der Waals surface area contributed by atoms with Gasteiger partial charge in [0.1, 0.15) is 5.75 Å². The lowest BCUT2D eigenvalue weighted by molar-refractivity contribution is -0.140. The van der Waals surface area contributed by atoms with Gasteiger partial charge in [0, 0.05) is 50.6 Å². The largest absolute Gasteiger partial charge is 0.496 e. The lowest BCUT2D eigenvalue weighted by Crippen LogP contribution is -2.49. The Hall–Kier alpha value is -3.50. The Labute approximate surface area is 249 Å². The molecule has 10 nitrogen and oxygen atoms in total. The summed E-state index contributed by atoms with van der Waals surface area (Å²) in [5.41, 5.74) is 2.55. The van der Waals surface area contributed by atoms with E-state index in [1.165, 1.54) is 0 Å². The van der Waals surface area contributed by atoms with Crippen LogP contribution in [-0.2, 0) is 27.2 Å². The first-order valence-corrected chi connectivity index (χ1v) is 14.9. The van der Waals surface area contributed by atoms with E-state index in [9.17, 15) is 9.59 Å². The number of amides is 3. The van der Waals surface area contributed by atoms with Gasteiger partial charge in [0.05, 0.1) is 53.1 Å². The van der Waals surface area contributed by atoms with Crippen LogP contribution in [0.15, 0.2) is 36.4 Å². The molecular formula is C32H45N3O7. The van der Waals surface area contributed by atoms with E-state index < -0.39 is 0 Å². The van der Waals surface area contributed by atoms with Gasteiger partial charge in [-0.1, -0.05) is 31.9 Å². The molecule has 10 heteroatoms. The van der Waals surface area contributed by atoms with Gasteiger partial charge in [-0.25, -0.2) is 4.79 Å². The Kier molecular flexibility index (Phi) is 11.7. The van der Waals surface area contributed by atoms with Gasteiger partial charge in [0.2, 0.25) is 5.91 Å². The maximum absolute atomic E-state index is 13.6. The van der Waals surface area contributed by atoms with Gasteiger partial charge < -0.3 is 33.5 Å². The topological polar surface area (TPSA) is 90.0 Å². The van der Waals surface area contributed by atoms with Gasteiger partial charge >= 0.3 is 6.03 Å². The van der Waals surface area contributed by atoms with Gasteiger partial charge in [0.25, 0.3) is 0 Å². The summed E-state index contributed by atoms with van der Waals surface area (Å²) in [5, 5.41) is 0. The molecule has 42 heavy (non-hydrogen) atoms.